The predicted octanol–water partition coefficient (Wildman–Crippen LogP) is 5.06. The van der Waals surface area contributed by atoms with Crippen LogP contribution in [-0.2, 0) is 4.74 Å². The third kappa shape index (κ3) is 5.81. The first kappa shape index (κ1) is 19.3. The Morgan fingerprint density at radius 1 is 1.04 bits per heavy atom. The molecule has 6 nitrogen and oxygen atoms in total. The van der Waals surface area contributed by atoms with E-state index in [1.807, 2.05) is 30.3 Å². The smallest absolute Gasteiger partial charge is 0.419 e. The van der Waals surface area contributed by atoms with Crippen LogP contribution in [0.15, 0.2) is 54.6 Å². The largest absolute Gasteiger partial charge is 0.450 e. The highest BCUT2D eigenvalue weighted by atomic mass is 16.6. The maximum Gasteiger partial charge on any atom is 0.419 e. The Morgan fingerprint density at radius 2 is 1.81 bits per heavy atom. The van der Waals surface area contributed by atoms with Crippen molar-refractivity contribution in [3.63, 3.8) is 0 Å². The Hall–Kier alpha value is -3.02. The lowest BCUT2D eigenvalue weighted by Crippen LogP contribution is -2.34. The maximum atomic E-state index is 12.6. The summed E-state index contributed by atoms with van der Waals surface area (Å²) < 4.78 is 10.3. The molecule has 0 aliphatic heterocycles. The zero-order chi connectivity index (χ0) is 18.8. The van der Waals surface area contributed by atoms with E-state index in [0.717, 1.165) is 18.5 Å². The molecule has 0 saturated carbocycles. The summed E-state index contributed by atoms with van der Waals surface area (Å²) in [4.78, 5) is 25.8. The minimum Gasteiger partial charge on any atom is -0.450 e. The topological polar surface area (TPSA) is 67.9 Å². The summed E-state index contributed by atoms with van der Waals surface area (Å²) in [6.45, 7) is 4.65. The third-order valence-corrected chi connectivity index (χ3v) is 3.58. The Labute approximate surface area is 153 Å². The number of hydrogen-bond donors (Lipinski definition) is 1. The molecule has 6 heteroatoms. The Morgan fingerprint density at radius 3 is 2.50 bits per heavy atom. The van der Waals surface area contributed by atoms with Gasteiger partial charge in [0.05, 0.1) is 6.61 Å². The molecule has 138 valence electrons. The lowest BCUT2D eigenvalue weighted by Gasteiger charge is -2.22. The fourth-order valence-electron chi connectivity index (χ4n) is 2.33. The number of carbonyl (C=O) groups is 2. The number of hydrogen-bond acceptors (Lipinski definition) is 4. The van der Waals surface area contributed by atoms with Gasteiger partial charge in [-0.05, 0) is 37.6 Å². The molecule has 1 N–H and O–H groups in total. The van der Waals surface area contributed by atoms with Gasteiger partial charge in [-0.3, -0.25) is 10.2 Å². The molecule has 0 bridgehead atoms. The first-order valence-electron chi connectivity index (χ1n) is 8.72. The van der Waals surface area contributed by atoms with Crippen molar-refractivity contribution in [3.8, 4) is 5.75 Å². The van der Waals surface area contributed by atoms with Gasteiger partial charge in [0, 0.05) is 24.0 Å². The number of ether oxygens (including phenoxy) is 2. The summed E-state index contributed by atoms with van der Waals surface area (Å²) in [5, 5.41) is 2.59. The van der Waals surface area contributed by atoms with E-state index in [1.165, 1.54) is 0 Å². The van der Waals surface area contributed by atoms with Crippen molar-refractivity contribution < 1.29 is 19.1 Å². The van der Waals surface area contributed by atoms with Gasteiger partial charge in [-0.2, -0.15) is 0 Å². The minimum absolute atomic E-state index is 0.282. The quantitative estimate of drug-likeness (QED) is 0.753. The second-order valence-corrected chi connectivity index (χ2v) is 5.58. The summed E-state index contributed by atoms with van der Waals surface area (Å²) >= 11 is 0. The number of benzene rings is 2. The first-order chi connectivity index (χ1) is 12.6. The number of anilines is 2. The normalized spacial score (nSPS) is 10.1. The molecule has 2 amide bonds. The fraction of sp³-hybridized carbons (Fsp3) is 0.300. The highest BCUT2D eigenvalue weighted by Crippen LogP contribution is 2.21. The number of para-hydroxylation sites is 1. The van der Waals surface area contributed by atoms with Crippen LogP contribution < -0.4 is 15.0 Å². The molecule has 2 rings (SSSR count). The van der Waals surface area contributed by atoms with E-state index in [9.17, 15) is 9.59 Å². The van der Waals surface area contributed by atoms with Crippen molar-refractivity contribution in [1.82, 2.24) is 0 Å². The number of carbonyl (C=O) groups excluding carboxylic acids is 2. The molecule has 0 unspecified atom stereocenters. The summed E-state index contributed by atoms with van der Waals surface area (Å²) in [5.41, 5.74) is 1.28. The van der Waals surface area contributed by atoms with Gasteiger partial charge >= 0.3 is 12.2 Å². The van der Waals surface area contributed by atoms with E-state index >= 15 is 0 Å². The molecule has 0 atom stereocenters. The van der Waals surface area contributed by atoms with Crippen molar-refractivity contribution in [2.75, 3.05) is 23.4 Å². The van der Waals surface area contributed by atoms with Gasteiger partial charge in [0.1, 0.15) is 5.75 Å². The lowest BCUT2D eigenvalue weighted by molar-refractivity contribution is 0.168. The van der Waals surface area contributed by atoms with Gasteiger partial charge in [0.15, 0.2) is 0 Å². The van der Waals surface area contributed by atoms with Crippen LogP contribution in [0.25, 0.3) is 0 Å². The van der Waals surface area contributed by atoms with Crippen molar-refractivity contribution in [2.24, 2.45) is 0 Å². The molecule has 26 heavy (non-hydrogen) atoms. The number of unbranched alkanes of at least 4 members (excludes halogenated alkanes) is 1. The van der Waals surface area contributed by atoms with Gasteiger partial charge in [-0.15, -0.1) is 0 Å². The number of amides is 2. The Balaban J connectivity index is 2.09. The van der Waals surface area contributed by atoms with Crippen LogP contribution in [0.5, 0.6) is 5.75 Å². The zero-order valence-corrected chi connectivity index (χ0v) is 15.1. The standard InChI is InChI=1S/C20H24N2O4/c1-3-5-14-22(17-11-7-6-8-12-17)20(24)26-18-13-9-10-16(15-18)21-19(23)25-4-2/h6-13,15H,3-5,14H2,1-2H3,(H,21,23). The van der Waals surface area contributed by atoms with E-state index < -0.39 is 12.2 Å². The molecule has 0 fully saturated rings. The molecule has 0 heterocycles. The van der Waals surface area contributed by atoms with Gasteiger partial charge < -0.3 is 9.47 Å². The van der Waals surface area contributed by atoms with Crippen LogP contribution in [-0.4, -0.2) is 25.3 Å². The van der Waals surface area contributed by atoms with E-state index in [0.29, 0.717) is 18.0 Å². The zero-order valence-electron chi connectivity index (χ0n) is 15.1. The summed E-state index contributed by atoms with van der Waals surface area (Å²) in [7, 11) is 0. The number of nitrogens with zero attached hydrogens (tertiary/aromatic N) is 1. The van der Waals surface area contributed by atoms with Crippen LogP contribution in [0.2, 0.25) is 0 Å². The van der Waals surface area contributed by atoms with Crippen LogP contribution in [0, 0.1) is 0 Å². The third-order valence-electron chi connectivity index (χ3n) is 3.58. The highest BCUT2D eigenvalue weighted by molar-refractivity contribution is 5.89. The second kappa shape index (κ2) is 10.1. The van der Waals surface area contributed by atoms with Crippen molar-refractivity contribution in [1.29, 1.82) is 0 Å². The molecule has 0 radical (unpaired) electrons. The summed E-state index contributed by atoms with van der Waals surface area (Å²) in [5.74, 6) is 0.349. The molecule has 0 saturated heterocycles. The van der Waals surface area contributed by atoms with Crippen LogP contribution in [0.3, 0.4) is 0 Å². The van der Waals surface area contributed by atoms with Crippen LogP contribution in [0.1, 0.15) is 26.7 Å². The van der Waals surface area contributed by atoms with Gasteiger partial charge in [-0.25, -0.2) is 9.59 Å². The van der Waals surface area contributed by atoms with E-state index in [4.69, 9.17) is 9.47 Å². The fourth-order valence-corrected chi connectivity index (χ4v) is 2.33. The van der Waals surface area contributed by atoms with E-state index in [1.54, 1.807) is 36.1 Å². The number of nitrogens with one attached hydrogen (secondary N) is 1. The average Bonchev–Trinajstić information content (AvgIpc) is 2.63. The number of rotatable bonds is 7. The molecular formula is C20H24N2O4. The van der Waals surface area contributed by atoms with Crippen molar-refractivity contribution >= 4 is 23.6 Å². The van der Waals surface area contributed by atoms with Crippen LogP contribution in [0.4, 0.5) is 21.0 Å². The molecule has 0 aromatic heterocycles. The van der Waals surface area contributed by atoms with Gasteiger partial charge in [0.25, 0.3) is 0 Å². The first-order valence-corrected chi connectivity index (χ1v) is 8.72. The van der Waals surface area contributed by atoms with E-state index in [-0.39, 0.29) is 6.61 Å². The molecule has 0 aliphatic rings. The van der Waals surface area contributed by atoms with Gasteiger partial charge in [-0.1, -0.05) is 37.6 Å². The Bertz CT molecular complexity index is 719. The molecule has 2 aromatic rings. The van der Waals surface area contributed by atoms with Gasteiger partial charge in [0.2, 0.25) is 0 Å². The van der Waals surface area contributed by atoms with Crippen LogP contribution >= 0.6 is 0 Å². The van der Waals surface area contributed by atoms with Crippen molar-refractivity contribution in [2.45, 2.75) is 26.7 Å². The summed E-state index contributed by atoms with van der Waals surface area (Å²) in [6.07, 6.45) is 0.826. The average molecular weight is 356 g/mol. The second-order valence-electron chi connectivity index (χ2n) is 5.58. The molecule has 2 aromatic carbocycles. The minimum atomic E-state index is -0.551. The predicted molar refractivity (Wildman–Crippen MR) is 102 cm³/mol. The molecular weight excluding hydrogens is 332 g/mol. The lowest BCUT2D eigenvalue weighted by atomic mass is 10.2. The highest BCUT2D eigenvalue weighted by Gasteiger charge is 2.17. The SMILES string of the molecule is CCCCN(C(=O)Oc1cccc(NC(=O)OCC)c1)c1ccccc1. The van der Waals surface area contributed by atoms with Crippen molar-refractivity contribution in [3.05, 3.63) is 54.6 Å². The Kier molecular flexibility index (Phi) is 7.49. The monoisotopic (exact) mass is 356 g/mol. The molecule has 0 aliphatic carbocycles. The molecule has 0 spiro atoms. The van der Waals surface area contributed by atoms with E-state index in [2.05, 4.69) is 12.2 Å². The maximum absolute atomic E-state index is 12.6. The summed E-state index contributed by atoms with van der Waals surface area (Å²) in [6, 6.07) is 16.0.